The van der Waals surface area contributed by atoms with Crippen LogP contribution in [0.4, 0.5) is 5.69 Å². The first-order valence-electron chi connectivity index (χ1n) is 10.1. The molecule has 1 aliphatic rings. The third kappa shape index (κ3) is 15.3. The van der Waals surface area contributed by atoms with Gasteiger partial charge in [0.1, 0.15) is 12.3 Å². The molecule has 0 heterocycles. The van der Waals surface area contributed by atoms with Gasteiger partial charge in [-0.15, -0.1) is 0 Å². The van der Waals surface area contributed by atoms with E-state index in [2.05, 4.69) is 5.32 Å². The second kappa shape index (κ2) is 16.6. The van der Waals surface area contributed by atoms with Gasteiger partial charge < -0.3 is 27.6 Å². The first kappa shape index (κ1) is 26.7. The number of carboxylic acid groups (broad SMARTS) is 1. The smallest absolute Gasteiger partial charge is 0.320 e. The van der Waals surface area contributed by atoms with E-state index < -0.39 is 12.0 Å². The van der Waals surface area contributed by atoms with E-state index in [4.69, 9.17) is 22.3 Å². The summed E-state index contributed by atoms with van der Waals surface area (Å²) in [6, 6.07) is 6.49. The summed E-state index contributed by atoms with van der Waals surface area (Å²) < 4.78 is 0. The molecular formula is C21H36N4O4. The Morgan fingerprint density at radius 2 is 1.76 bits per heavy atom. The predicted octanol–water partition coefficient (Wildman–Crippen LogP) is 2.26. The summed E-state index contributed by atoms with van der Waals surface area (Å²) in [5, 5.41) is 10.9. The highest BCUT2D eigenvalue weighted by atomic mass is 16.4. The van der Waals surface area contributed by atoms with Gasteiger partial charge in [-0.05, 0) is 56.5 Å². The van der Waals surface area contributed by atoms with Gasteiger partial charge in [-0.1, -0.05) is 25.7 Å². The molecule has 1 aromatic carbocycles. The van der Waals surface area contributed by atoms with E-state index in [1.807, 2.05) is 0 Å². The number of nitrogens with two attached hydrogens (primary N) is 3. The molecule has 1 aromatic rings. The second-order valence-electron chi connectivity index (χ2n) is 7.05. The van der Waals surface area contributed by atoms with Crippen LogP contribution in [0.15, 0.2) is 24.3 Å². The van der Waals surface area contributed by atoms with Crippen molar-refractivity contribution in [2.75, 3.05) is 11.9 Å². The molecule has 164 valence electrons. The highest BCUT2D eigenvalue weighted by Crippen LogP contribution is 2.14. The molecule has 0 saturated heterocycles. The SMILES string of the molecule is CC(=O)Nc1ccc(C=O)cc1.NC1CCCCC1.NCCCC[C@H](N)C(=O)O. The minimum absolute atomic E-state index is 0.117. The molecule has 0 aliphatic heterocycles. The van der Waals surface area contributed by atoms with Gasteiger partial charge in [-0.3, -0.25) is 14.4 Å². The van der Waals surface area contributed by atoms with Crippen molar-refractivity contribution in [2.45, 2.75) is 70.4 Å². The van der Waals surface area contributed by atoms with E-state index in [9.17, 15) is 14.4 Å². The molecule has 29 heavy (non-hydrogen) atoms. The summed E-state index contributed by atoms with van der Waals surface area (Å²) in [6.07, 6.45) is 9.59. The lowest BCUT2D eigenvalue weighted by Gasteiger charge is -2.15. The molecule has 0 bridgehead atoms. The van der Waals surface area contributed by atoms with E-state index in [1.165, 1.54) is 39.0 Å². The van der Waals surface area contributed by atoms with Crippen molar-refractivity contribution in [3.63, 3.8) is 0 Å². The average molecular weight is 409 g/mol. The van der Waals surface area contributed by atoms with Crippen molar-refractivity contribution in [3.05, 3.63) is 29.8 Å². The number of carboxylic acids is 1. The number of anilines is 1. The zero-order valence-corrected chi connectivity index (χ0v) is 17.3. The first-order chi connectivity index (χ1) is 13.8. The maximum Gasteiger partial charge on any atom is 0.320 e. The van der Waals surface area contributed by atoms with Crippen LogP contribution in [-0.2, 0) is 9.59 Å². The lowest BCUT2D eigenvalue weighted by atomic mass is 9.97. The zero-order valence-electron chi connectivity index (χ0n) is 17.3. The van der Waals surface area contributed by atoms with E-state index in [-0.39, 0.29) is 5.91 Å². The molecule has 0 aromatic heterocycles. The molecule has 1 amide bonds. The highest BCUT2D eigenvalue weighted by Gasteiger charge is 2.09. The maximum absolute atomic E-state index is 10.6. The summed E-state index contributed by atoms with van der Waals surface area (Å²) in [7, 11) is 0. The lowest BCUT2D eigenvalue weighted by Crippen LogP contribution is -2.29. The summed E-state index contributed by atoms with van der Waals surface area (Å²) in [5.41, 5.74) is 17.4. The van der Waals surface area contributed by atoms with Crippen LogP contribution in [0.1, 0.15) is 68.6 Å². The van der Waals surface area contributed by atoms with Crippen molar-refractivity contribution in [1.82, 2.24) is 0 Å². The number of aliphatic carboxylic acids is 1. The van der Waals surface area contributed by atoms with Gasteiger partial charge in [-0.25, -0.2) is 0 Å². The van der Waals surface area contributed by atoms with Crippen LogP contribution >= 0.6 is 0 Å². The summed E-state index contributed by atoms with van der Waals surface area (Å²) in [5.74, 6) is -1.05. The number of carbonyl (C=O) groups excluding carboxylic acids is 2. The first-order valence-corrected chi connectivity index (χ1v) is 10.1. The molecule has 2 rings (SSSR count). The molecular weight excluding hydrogens is 372 g/mol. The Bertz CT molecular complexity index is 587. The van der Waals surface area contributed by atoms with Crippen LogP contribution in [0, 0.1) is 0 Å². The van der Waals surface area contributed by atoms with Gasteiger partial charge >= 0.3 is 5.97 Å². The van der Waals surface area contributed by atoms with Crippen molar-refractivity contribution >= 4 is 23.9 Å². The fraction of sp³-hybridized carbons (Fsp3) is 0.571. The van der Waals surface area contributed by atoms with Gasteiger partial charge in [0.25, 0.3) is 0 Å². The normalized spacial score (nSPS) is 14.3. The van der Waals surface area contributed by atoms with Crippen LogP contribution in [0.25, 0.3) is 0 Å². The van der Waals surface area contributed by atoms with Crippen LogP contribution in [0.2, 0.25) is 0 Å². The number of benzene rings is 1. The number of hydrogen-bond donors (Lipinski definition) is 5. The van der Waals surface area contributed by atoms with E-state index in [1.54, 1.807) is 24.3 Å². The molecule has 0 radical (unpaired) electrons. The molecule has 1 atom stereocenters. The Hall–Kier alpha value is -2.29. The number of carbonyl (C=O) groups is 3. The Kier molecular flexibility index (Phi) is 15.3. The minimum Gasteiger partial charge on any atom is -0.480 e. The minimum atomic E-state index is -0.933. The summed E-state index contributed by atoms with van der Waals surface area (Å²) in [4.78, 5) is 31.0. The van der Waals surface area contributed by atoms with Crippen molar-refractivity contribution < 1.29 is 19.5 Å². The van der Waals surface area contributed by atoms with Crippen LogP contribution in [-0.4, -0.2) is 41.9 Å². The summed E-state index contributed by atoms with van der Waals surface area (Å²) in [6.45, 7) is 2.04. The van der Waals surface area contributed by atoms with Crippen molar-refractivity contribution in [2.24, 2.45) is 17.2 Å². The molecule has 0 spiro atoms. The van der Waals surface area contributed by atoms with Gasteiger partial charge in [0.2, 0.25) is 5.91 Å². The summed E-state index contributed by atoms with van der Waals surface area (Å²) >= 11 is 0. The van der Waals surface area contributed by atoms with E-state index in [0.29, 0.717) is 30.3 Å². The van der Waals surface area contributed by atoms with Crippen LogP contribution < -0.4 is 22.5 Å². The number of aldehydes is 1. The fourth-order valence-corrected chi connectivity index (χ4v) is 2.61. The monoisotopic (exact) mass is 408 g/mol. The Morgan fingerprint density at radius 1 is 1.17 bits per heavy atom. The number of amides is 1. The van der Waals surface area contributed by atoms with E-state index >= 15 is 0 Å². The van der Waals surface area contributed by atoms with Gasteiger partial charge in [0.15, 0.2) is 0 Å². The Morgan fingerprint density at radius 3 is 2.14 bits per heavy atom. The molecule has 8 heteroatoms. The van der Waals surface area contributed by atoms with Crippen molar-refractivity contribution in [1.29, 1.82) is 0 Å². The Labute approximate surface area is 173 Å². The van der Waals surface area contributed by atoms with Gasteiger partial charge in [-0.2, -0.15) is 0 Å². The Balaban J connectivity index is 0.000000419. The average Bonchev–Trinajstić information content (AvgIpc) is 2.70. The van der Waals surface area contributed by atoms with Crippen LogP contribution in [0.3, 0.4) is 0 Å². The molecule has 1 fully saturated rings. The number of rotatable bonds is 7. The number of hydrogen-bond acceptors (Lipinski definition) is 6. The van der Waals surface area contributed by atoms with E-state index in [0.717, 1.165) is 19.1 Å². The molecule has 8 N–H and O–H groups in total. The quantitative estimate of drug-likeness (QED) is 0.341. The highest BCUT2D eigenvalue weighted by molar-refractivity contribution is 5.89. The van der Waals surface area contributed by atoms with Gasteiger partial charge in [0.05, 0.1) is 0 Å². The molecule has 1 saturated carbocycles. The number of nitrogens with one attached hydrogen (secondary N) is 1. The molecule has 8 nitrogen and oxygen atoms in total. The maximum atomic E-state index is 10.6. The predicted molar refractivity (Wildman–Crippen MR) is 116 cm³/mol. The topological polar surface area (TPSA) is 162 Å². The van der Waals surface area contributed by atoms with Crippen LogP contribution in [0.5, 0.6) is 0 Å². The zero-order chi connectivity index (χ0) is 22.1. The standard InChI is InChI=1S/C9H9NO2.C6H14N2O2.C6H13N/c1-7(12)10-9-4-2-8(6-11)3-5-9;7-4-2-1-3-5(8)6(9)10;7-6-4-2-1-3-5-6/h2-6H,1H3,(H,10,12);5H,1-4,7-8H2,(H,9,10);6H,1-5,7H2/t;5-;/m.0./s1. The second-order valence-corrected chi connectivity index (χ2v) is 7.05. The van der Waals surface area contributed by atoms with Crippen molar-refractivity contribution in [3.8, 4) is 0 Å². The number of unbranched alkanes of at least 4 members (excludes halogenated alkanes) is 1. The largest absolute Gasteiger partial charge is 0.480 e. The fourth-order valence-electron chi connectivity index (χ4n) is 2.61. The molecule has 0 unspecified atom stereocenters. The van der Waals surface area contributed by atoms with Gasteiger partial charge in [0, 0.05) is 24.2 Å². The third-order valence-corrected chi connectivity index (χ3v) is 4.30. The lowest BCUT2D eigenvalue weighted by molar-refractivity contribution is -0.138. The molecule has 1 aliphatic carbocycles. The third-order valence-electron chi connectivity index (χ3n) is 4.30.